The van der Waals surface area contributed by atoms with Crippen LogP contribution in [0, 0.1) is 13.8 Å². The van der Waals surface area contributed by atoms with Crippen LogP contribution < -0.4 is 9.62 Å². The molecule has 0 aromatic heterocycles. The Bertz CT molecular complexity index is 1150. The Hall–Kier alpha value is -2.29. The van der Waals surface area contributed by atoms with Crippen molar-refractivity contribution >= 4 is 50.7 Å². The van der Waals surface area contributed by atoms with E-state index >= 15 is 0 Å². The second-order valence-corrected chi connectivity index (χ2v) is 11.2. The standard InChI is InChI=1S/C25H33Cl2N3O4S/c1-6-13-28-25(32)22(7-2)29(15-19-20(26)9-8-10-21(19)27)24(31)16-30(35(5,33)34)23-12-11-17(3)14-18(23)4/h8-12,14,22H,6-7,13,15-16H2,1-5H3,(H,28,32). The first-order valence-electron chi connectivity index (χ1n) is 11.5. The van der Waals surface area contributed by atoms with Gasteiger partial charge in [-0.05, 0) is 50.5 Å². The summed E-state index contributed by atoms with van der Waals surface area (Å²) in [7, 11) is -3.80. The lowest BCUT2D eigenvalue weighted by Crippen LogP contribution is -2.52. The molecule has 0 aliphatic rings. The summed E-state index contributed by atoms with van der Waals surface area (Å²) in [6.07, 6.45) is 2.12. The third-order valence-corrected chi connectivity index (χ3v) is 7.46. The van der Waals surface area contributed by atoms with Crippen molar-refractivity contribution in [2.75, 3.05) is 23.7 Å². The second-order valence-electron chi connectivity index (χ2n) is 8.50. The van der Waals surface area contributed by atoms with Gasteiger partial charge < -0.3 is 10.2 Å². The van der Waals surface area contributed by atoms with E-state index in [2.05, 4.69) is 5.32 Å². The molecule has 35 heavy (non-hydrogen) atoms. The molecule has 7 nitrogen and oxygen atoms in total. The minimum absolute atomic E-state index is 0.0418. The molecule has 2 rings (SSSR count). The number of halogens is 2. The van der Waals surface area contributed by atoms with E-state index in [1.165, 1.54) is 4.90 Å². The molecule has 192 valence electrons. The maximum Gasteiger partial charge on any atom is 0.244 e. The van der Waals surface area contributed by atoms with Crippen LogP contribution >= 0.6 is 23.2 Å². The van der Waals surface area contributed by atoms with Gasteiger partial charge in [0.25, 0.3) is 0 Å². The lowest BCUT2D eigenvalue weighted by Gasteiger charge is -2.33. The molecule has 1 N–H and O–H groups in total. The minimum Gasteiger partial charge on any atom is -0.354 e. The Morgan fingerprint density at radius 3 is 2.20 bits per heavy atom. The number of sulfonamides is 1. The number of hydrogen-bond acceptors (Lipinski definition) is 4. The van der Waals surface area contributed by atoms with E-state index in [-0.39, 0.29) is 12.5 Å². The van der Waals surface area contributed by atoms with E-state index in [4.69, 9.17) is 23.2 Å². The van der Waals surface area contributed by atoms with Crippen LogP contribution in [-0.4, -0.2) is 50.5 Å². The van der Waals surface area contributed by atoms with Crippen LogP contribution in [-0.2, 0) is 26.2 Å². The molecule has 0 spiro atoms. The molecule has 1 unspecified atom stereocenters. The highest BCUT2D eigenvalue weighted by molar-refractivity contribution is 7.92. The third-order valence-electron chi connectivity index (χ3n) is 5.63. The summed E-state index contributed by atoms with van der Waals surface area (Å²) in [5.41, 5.74) is 2.59. The molecule has 0 radical (unpaired) electrons. The quantitative estimate of drug-likeness (QED) is 0.446. The first-order valence-corrected chi connectivity index (χ1v) is 14.1. The van der Waals surface area contributed by atoms with Crippen LogP contribution in [0.1, 0.15) is 43.4 Å². The first kappa shape index (κ1) is 28.9. The number of aryl methyl sites for hydroxylation is 2. The largest absolute Gasteiger partial charge is 0.354 e. The highest BCUT2D eigenvalue weighted by Gasteiger charge is 2.32. The normalized spacial score (nSPS) is 12.2. The van der Waals surface area contributed by atoms with Crippen LogP contribution in [0.15, 0.2) is 36.4 Å². The molecule has 2 amide bonds. The number of anilines is 1. The summed E-state index contributed by atoms with van der Waals surface area (Å²) < 4.78 is 26.6. The van der Waals surface area contributed by atoms with Crippen LogP contribution in [0.5, 0.6) is 0 Å². The van der Waals surface area contributed by atoms with Crippen molar-refractivity contribution in [2.24, 2.45) is 0 Å². The molecule has 1 atom stereocenters. The minimum atomic E-state index is -3.80. The van der Waals surface area contributed by atoms with Gasteiger partial charge in [0.1, 0.15) is 12.6 Å². The number of rotatable bonds is 11. The van der Waals surface area contributed by atoms with Gasteiger partial charge >= 0.3 is 0 Å². The molecule has 0 saturated heterocycles. The van der Waals surface area contributed by atoms with Crippen LogP contribution in [0.2, 0.25) is 10.0 Å². The summed E-state index contributed by atoms with van der Waals surface area (Å²) >= 11 is 12.7. The van der Waals surface area contributed by atoms with Crippen LogP contribution in [0.4, 0.5) is 5.69 Å². The van der Waals surface area contributed by atoms with E-state index in [0.717, 1.165) is 28.1 Å². The Kier molecular flexibility index (Phi) is 10.4. The Labute approximate surface area is 218 Å². The molecule has 0 saturated carbocycles. The van der Waals surface area contributed by atoms with Gasteiger partial charge in [-0.3, -0.25) is 13.9 Å². The number of carbonyl (C=O) groups is 2. The average molecular weight is 543 g/mol. The summed E-state index contributed by atoms with van der Waals surface area (Å²) in [6.45, 7) is 7.37. The molecule has 0 aliphatic heterocycles. The lowest BCUT2D eigenvalue weighted by atomic mass is 10.1. The topological polar surface area (TPSA) is 86.8 Å². The highest BCUT2D eigenvalue weighted by atomic mass is 35.5. The summed E-state index contributed by atoms with van der Waals surface area (Å²) in [6, 6.07) is 9.49. The molecule has 2 aromatic rings. The Morgan fingerprint density at radius 1 is 1.06 bits per heavy atom. The van der Waals surface area contributed by atoms with Gasteiger partial charge in [0.15, 0.2) is 0 Å². The predicted octanol–water partition coefficient (Wildman–Crippen LogP) is 4.71. The maximum absolute atomic E-state index is 13.7. The van der Waals surface area contributed by atoms with E-state index in [9.17, 15) is 18.0 Å². The second kappa shape index (κ2) is 12.6. The maximum atomic E-state index is 13.7. The summed E-state index contributed by atoms with van der Waals surface area (Å²) in [5, 5.41) is 3.54. The summed E-state index contributed by atoms with van der Waals surface area (Å²) in [5.74, 6) is -0.854. The molecule has 0 heterocycles. The van der Waals surface area contributed by atoms with Crippen molar-refractivity contribution in [1.29, 1.82) is 0 Å². The van der Waals surface area contributed by atoms with Crippen molar-refractivity contribution in [2.45, 2.75) is 53.1 Å². The van der Waals surface area contributed by atoms with Gasteiger partial charge in [-0.2, -0.15) is 0 Å². The number of benzene rings is 2. The zero-order valence-electron chi connectivity index (χ0n) is 20.8. The number of nitrogens with one attached hydrogen (secondary N) is 1. The molecule has 10 heteroatoms. The highest BCUT2D eigenvalue weighted by Crippen LogP contribution is 2.28. The van der Waals surface area contributed by atoms with Crippen LogP contribution in [0.25, 0.3) is 0 Å². The van der Waals surface area contributed by atoms with Gasteiger partial charge in [0.05, 0.1) is 11.9 Å². The van der Waals surface area contributed by atoms with Crippen molar-refractivity contribution in [3.8, 4) is 0 Å². The number of carbonyl (C=O) groups excluding carboxylic acids is 2. The number of hydrogen-bond donors (Lipinski definition) is 1. The first-order chi connectivity index (χ1) is 16.4. The van der Waals surface area contributed by atoms with E-state index in [1.54, 1.807) is 44.2 Å². The molecule has 2 aromatic carbocycles. The zero-order valence-corrected chi connectivity index (χ0v) is 23.1. The Balaban J connectivity index is 2.52. The van der Waals surface area contributed by atoms with Crippen LogP contribution in [0.3, 0.4) is 0 Å². The van der Waals surface area contributed by atoms with Gasteiger partial charge in [-0.25, -0.2) is 8.42 Å². The molecular formula is C25H33Cl2N3O4S. The molecule has 0 aliphatic carbocycles. The van der Waals surface area contributed by atoms with Gasteiger partial charge in [0, 0.05) is 28.7 Å². The molecule has 0 fully saturated rings. The average Bonchev–Trinajstić information content (AvgIpc) is 2.77. The zero-order chi connectivity index (χ0) is 26.3. The monoisotopic (exact) mass is 541 g/mol. The third kappa shape index (κ3) is 7.59. The fraction of sp³-hybridized carbons (Fsp3) is 0.440. The van der Waals surface area contributed by atoms with Gasteiger partial charge in [-0.15, -0.1) is 0 Å². The van der Waals surface area contributed by atoms with Crippen molar-refractivity contribution < 1.29 is 18.0 Å². The Morgan fingerprint density at radius 2 is 1.69 bits per heavy atom. The van der Waals surface area contributed by atoms with Gasteiger partial charge in [-0.1, -0.05) is 60.8 Å². The van der Waals surface area contributed by atoms with Crippen molar-refractivity contribution in [3.63, 3.8) is 0 Å². The van der Waals surface area contributed by atoms with E-state index < -0.39 is 28.5 Å². The number of nitrogens with zero attached hydrogens (tertiary/aromatic N) is 2. The molecular weight excluding hydrogens is 509 g/mol. The van der Waals surface area contributed by atoms with E-state index in [0.29, 0.717) is 34.3 Å². The lowest BCUT2D eigenvalue weighted by molar-refractivity contribution is -0.140. The predicted molar refractivity (Wildman–Crippen MR) is 142 cm³/mol. The van der Waals surface area contributed by atoms with Crippen molar-refractivity contribution in [1.82, 2.24) is 10.2 Å². The van der Waals surface area contributed by atoms with Gasteiger partial charge in [0.2, 0.25) is 21.8 Å². The SMILES string of the molecule is CCCNC(=O)C(CC)N(Cc1c(Cl)cccc1Cl)C(=O)CN(c1ccc(C)cc1C)S(C)(=O)=O. The van der Waals surface area contributed by atoms with Crippen molar-refractivity contribution in [3.05, 3.63) is 63.1 Å². The summed E-state index contributed by atoms with van der Waals surface area (Å²) in [4.78, 5) is 28.1. The molecule has 0 bridgehead atoms. The smallest absolute Gasteiger partial charge is 0.244 e. The fourth-order valence-electron chi connectivity index (χ4n) is 3.82. The van der Waals surface area contributed by atoms with E-state index in [1.807, 2.05) is 19.9 Å². The number of amides is 2. The fourth-order valence-corrected chi connectivity index (χ4v) is 5.24.